The normalized spacial score (nSPS) is 12.1. The third-order valence-electron chi connectivity index (χ3n) is 6.11. The predicted molar refractivity (Wildman–Crippen MR) is 147 cm³/mol. The highest BCUT2D eigenvalue weighted by molar-refractivity contribution is 5.85. The summed E-state index contributed by atoms with van der Waals surface area (Å²) < 4.78 is 21.5. The van der Waals surface area contributed by atoms with Crippen LogP contribution in [0.15, 0.2) is 0 Å². The second-order valence-electron chi connectivity index (χ2n) is 10.4. The first kappa shape index (κ1) is 37.4. The number of carboxylic acid groups (broad SMARTS) is 1. The first-order valence-corrected chi connectivity index (χ1v) is 13.5. The number of likely N-dealkylation sites (N-methyl/N-ethyl adjacent to an activating group) is 3. The number of carbonyl (C=O) groups excluding carboxylic acids is 4. The van der Waals surface area contributed by atoms with Gasteiger partial charge in [-0.15, -0.1) is 0 Å². The van der Waals surface area contributed by atoms with E-state index in [-0.39, 0.29) is 75.8 Å². The van der Waals surface area contributed by atoms with Gasteiger partial charge in [0.25, 0.3) is 0 Å². The Hall–Kier alpha value is -2.61. The summed E-state index contributed by atoms with van der Waals surface area (Å²) in [6.07, 6.45) is 0.206. The van der Waals surface area contributed by atoms with Crippen LogP contribution in [0.4, 0.5) is 0 Å². The first-order valence-electron chi connectivity index (χ1n) is 13.5. The highest BCUT2D eigenvalue weighted by Gasteiger charge is 2.26. The van der Waals surface area contributed by atoms with Crippen molar-refractivity contribution in [2.75, 3.05) is 87.1 Å². The van der Waals surface area contributed by atoms with Crippen LogP contribution in [0.3, 0.4) is 0 Å². The molecule has 0 aliphatic heterocycles. The number of aliphatic carboxylic acids is 1. The zero-order valence-corrected chi connectivity index (χ0v) is 25.2. The van der Waals surface area contributed by atoms with E-state index >= 15 is 0 Å². The Bertz CT molecular complexity index is 800. The number of hydrogen-bond donors (Lipinski definition) is 1. The van der Waals surface area contributed by atoms with Crippen molar-refractivity contribution in [2.45, 2.75) is 53.0 Å². The molecule has 0 spiro atoms. The van der Waals surface area contributed by atoms with Crippen molar-refractivity contribution in [3.05, 3.63) is 0 Å². The number of amides is 3. The van der Waals surface area contributed by atoms with Gasteiger partial charge >= 0.3 is 5.97 Å². The molecule has 0 aliphatic rings. The molecule has 0 saturated carbocycles. The summed E-state index contributed by atoms with van der Waals surface area (Å²) in [6.45, 7) is 9.47. The summed E-state index contributed by atoms with van der Waals surface area (Å²) in [5, 5.41) is 9.36. The summed E-state index contributed by atoms with van der Waals surface area (Å²) in [5.74, 6) is -1.86. The maximum Gasteiger partial charge on any atom is 0.326 e. The molecular weight excluding hydrogens is 526 g/mol. The minimum atomic E-state index is -1.15. The summed E-state index contributed by atoms with van der Waals surface area (Å²) in [4.78, 5) is 63.5. The Labute approximate surface area is 238 Å². The highest BCUT2D eigenvalue weighted by atomic mass is 16.5. The van der Waals surface area contributed by atoms with E-state index in [4.69, 9.17) is 18.9 Å². The van der Waals surface area contributed by atoms with Crippen molar-refractivity contribution in [1.82, 2.24) is 14.7 Å². The molecule has 0 aromatic carbocycles. The van der Waals surface area contributed by atoms with Crippen molar-refractivity contribution < 1.29 is 48.0 Å². The molecule has 0 rings (SSSR count). The van der Waals surface area contributed by atoms with Crippen molar-refractivity contribution in [1.29, 1.82) is 0 Å². The molecule has 0 aromatic rings. The Kier molecular flexibility index (Phi) is 19.0. The number of Topliss-reactive ketones (excluding diaryl/α,β-unsaturated/α-hetero) is 1. The summed E-state index contributed by atoms with van der Waals surface area (Å²) in [7, 11) is 4.67. The Morgan fingerprint density at radius 3 is 1.65 bits per heavy atom. The maximum atomic E-state index is 12.3. The van der Waals surface area contributed by atoms with Crippen LogP contribution >= 0.6 is 0 Å². The third kappa shape index (κ3) is 16.5. The van der Waals surface area contributed by atoms with Gasteiger partial charge < -0.3 is 38.8 Å². The van der Waals surface area contributed by atoms with Crippen LogP contribution in [0, 0.1) is 5.41 Å². The zero-order chi connectivity index (χ0) is 30.7. The molecule has 0 saturated heterocycles. The van der Waals surface area contributed by atoms with Crippen LogP contribution < -0.4 is 0 Å². The number of hydrogen-bond acceptors (Lipinski definition) is 9. The second-order valence-corrected chi connectivity index (χ2v) is 10.4. The fourth-order valence-electron chi connectivity index (χ4n) is 3.10. The van der Waals surface area contributed by atoms with Crippen LogP contribution in [0.25, 0.3) is 0 Å². The molecule has 0 bridgehead atoms. The van der Waals surface area contributed by atoms with Gasteiger partial charge in [0.05, 0.1) is 39.6 Å². The van der Waals surface area contributed by atoms with E-state index in [9.17, 15) is 29.1 Å². The lowest BCUT2D eigenvalue weighted by atomic mass is 9.91. The molecule has 0 heterocycles. The first-order chi connectivity index (χ1) is 18.7. The number of carboxylic acids is 1. The van der Waals surface area contributed by atoms with Gasteiger partial charge in [0.2, 0.25) is 17.7 Å². The van der Waals surface area contributed by atoms with E-state index < -0.39 is 17.4 Å². The van der Waals surface area contributed by atoms with E-state index in [0.29, 0.717) is 32.9 Å². The molecule has 0 aromatic heterocycles. The van der Waals surface area contributed by atoms with Crippen molar-refractivity contribution in [3.8, 4) is 0 Å². The molecule has 3 amide bonds. The zero-order valence-electron chi connectivity index (χ0n) is 25.2. The molecule has 13 nitrogen and oxygen atoms in total. The van der Waals surface area contributed by atoms with E-state index in [2.05, 4.69) is 0 Å². The van der Waals surface area contributed by atoms with E-state index in [1.807, 2.05) is 20.8 Å². The van der Waals surface area contributed by atoms with Gasteiger partial charge in [-0.1, -0.05) is 27.7 Å². The SMILES string of the molecule is CCC(=O)N(C)C(CCC(=O)N(C)CCOCCOCC(=O)N(C)CCOCCOCC(=O)C(C)(C)C)C(=O)O. The molecule has 1 atom stereocenters. The van der Waals surface area contributed by atoms with Gasteiger partial charge in [0.15, 0.2) is 5.78 Å². The standard InChI is InChI=1S/C27H49N3O10/c1-8-23(32)30(7)21(26(35)36)9-10-24(33)28(5)11-13-37-16-18-40-20-25(34)29(6)12-14-38-15-17-39-19-22(31)27(2,3)4/h21H,8-20H2,1-7H3,(H,35,36). The largest absolute Gasteiger partial charge is 0.480 e. The lowest BCUT2D eigenvalue weighted by Crippen LogP contribution is -2.43. The topological polar surface area (TPSA) is 152 Å². The fourth-order valence-corrected chi connectivity index (χ4v) is 3.10. The van der Waals surface area contributed by atoms with Gasteiger partial charge in [-0.05, 0) is 6.42 Å². The quantitative estimate of drug-likeness (QED) is 0.183. The third-order valence-corrected chi connectivity index (χ3v) is 6.11. The number of carbonyl (C=O) groups is 5. The Morgan fingerprint density at radius 1 is 0.700 bits per heavy atom. The average molecular weight is 576 g/mol. The fraction of sp³-hybridized carbons (Fsp3) is 0.815. The minimum Gasteiger partial charge on any atom is -0.480 e. The predicted octanol–water partition coefficient (Wildman–Crippen LogP) is 0.687. The molecule has 232 valence electrons. The smallest absolute Gasteiger partial charge is 0.326 e. The van der Waals surface area contributed by atoms with Gasteiger partial charge in [-0.2, -0.15) is 0 Å². The number of ketones is 1. The van der Waals surface area contributed by atoms with E-state index in [1.165, 1.54) is 16.8 Å². The second kappa shape index (κ2) is 20.3. The van der Waals surface area contributed by atoms with Crippen molar-refractivity contribution >= 4 is 29.5 Å². The Balaban J connectivity index is 3.91. The van der Waals surface area contributed by atoms with Crippen LogP contribution in [-0.4, -0.2) is 142 Å². The minimum absolute atomic E-state index is 0.00911. The number of rotatable bonds is 22. The van der Waals surface area contributed by atoms with E-state index in [0.717, 1.165) is 4.90 Å². The van der Waals surface area contributed by atoms with Crippen LogP contribution in [0.2, 0.25) is 0 Å². The molecule has 0 radical (unpaired) electrons. The highest BCUT2D eigenvalue weighted by Crippen LogP contribution is 2.14. The van der Waals surface area contributed by atoms with Gasteiger partial charge in [0, 0.05) is 52.5 Å². The Morgan fingerprint density at radius 2 is 1.18 bits per heavy atom. The van der Waals surface area contributed by atoms with Gasteiger partial charge in [-0.25, -0.2) is 4.79 Å². The lowest BCUT2D eigenvalue weighted by Gasteiger charge is -2.25. The van der Waals surface area contributed by atoms with Crippen LogP contribution in [-0.2, 0) is 42.9 Å². The molecule has 40 heavy (non-hydrogen) atoms. The maximum absolute atomic E-state index is 12.3. The van der Waals surface area contributed by atoms with Crippen molar-refractivity contribution in [2.24, 2.45) is 5.41 Å². The molecule has 0 fully saturated rings. The average Bonchev–Trinajstić information content (AvgIpc) is 2.89. The summed E-state index contributed by atoms with van der Waals surface area (Å²) >= 11 is 0. The summed E-state index contributed by atoms with van der Waals surface area (Å²) in [5.41, 5.74) is -0.429. The van der Waals surface area contributed by atoms with Crippen molar-refractivity contribution in [3.63, 3.8) is 0 Å². The van der Waals surface area contributed by atoms with E-state index in [1.54, 1.807) is 21.0 Å². The van der Waals surface area contributed by atoms with Gasteiger partial charge in [-0.3, -0.25) is 19.2 Å². The summed E-state index contributed by atoms with van der Waals surface area (Å²) in [6, 6.07) is -1.05. The molecular formula is C27H49N3O10. The molecule has 1 unspecified atom stereocenters. The number of ether oxygens (including phenoxy) is 4. The number of nitrogens with zero attached hydrogens (tertiary/aromatic N) is 3. The van der Waals surface area contributed by atoms with Crippen LogP contribution in [0.1, 0.15) is 47.0 Å². The molecule has 13 heteroatoms. The van der Waals surface area contributed by atoms with Crippen LogP contribution in [0.5, 0.6) is 0 Å². The van der Waals surface area contributed by atoms with Gasteiger partial charge in [0.1, 0.15) is 19.3 Å². The monoisotopic (exact) mass is 575 g/mol. The molecule has 0 aliphatic carbocycles. The lowest BCUT2D eigenvalue weighted by molar-refractivity contribution is -0.149. The molecule has 1 N–H and O–H groups in total.